The molecule has 4 aromatic carbocycles. The molecule has 2 saturated carbocycles. The third kappa shape index (κ3) is 11.8. The molecule has 380 valence electrons. The van der Waals surface area contributed by atoms with E-state index >= 15 is 4.39 Å². The number of hydrogen-bond donors (Lipinski definition) is 2. The molecule has 3 aliphatic rings. The second-order valence-corrected chi connectivity index (χ2v) is 31.1. The third-order valence-corrected chi connectivity index (χ3v) is 21.4. The second kappa shape index (κ2) is 20.0. The van der Waals surface area contributed by atoms with Crippen LogP contribution in [0.5, 0.6) is 0 Å². The first kappa shape index (κ1) is 54.5. The number of rotatable bonds is 11. The molecule has 2 aliphatic carbocycles. The number of sulfone groups is 2. The predicted octanol–water partition coefficient (Wildman–Crippen LogP) is 10.3. The monoisotopic (exact) mass is 1060 g/mol. The van der Waals surface area contributed by atoms with Gasteiger partial charge in [-0.2, -0.15) is 26.3 Å². The van der Waals surface area contributed by atoms with E-state index in [1.54, 1.807) is 0 Å². The van der Waals surface area contributed by atoms with Crippen LogP contribution in [-0.2, 0) is 56.3 Å². The Kier molecular flexibility index (Phi) is 15.8. The molecule has 0 amide bonds. The van der Waals surface area contributed by atoms with Crippen LogP contribution in [0.3, 0.4) is 0 Å². The Morgan fingerprint density at radius 3 is 1.58 bits per heavy atom. The van der Waals surface area contributed by atoms with Crippen LogP contribution in [0.2, 0.25) is 25.7 Å². The Labute approximate surface area is 395 Å². The van der Waals surface area contributed by atoms with Crippen LogP contribution in [0.15, 0.2) is 94.7 Å². The highest BCUT2D eigenvalue weighted by atomic mass is 32.2. The van der Waals surface area contributed by atoms with E-state index in [2.05, 4.69) is 24.4 Å². The first-order valence-corrected chi connectivity index (χ1v) is 30.2. The Balaban J connectivity index is 0.000000227. The zero-order valence-electron chi connectivity index (χ0n) is 37.5. The Hall–Kier alpha value is -3.87. The maximum atomic E-state index is 15.1. The summed E-state index contributed by atoms with van der Waals surface area (Å²) in [5.74, 6) is -5.02. The van der Waals surface area contributed by atoms with E-state index in [1.165, 1.54) is 0 Å². The zero-order valence-corrected chi connectivity index (χ0v) is 40.9. The summed E-state index contributed by atoms with van der Waals surface area (Å²) in [5.41, 5.74) is -2.88. The summed E-state index contributed by atoms with van der Waals surface area (Å²) in [5, 5.41) is 10.6. The van der Waals surface area contributed by atoms with Crippen molar-refractivity contribution in [3.05, 3.63) is 130 Å². The van der Waals surface area contributed by atoms with Gasteiger partial charge >= 0.3 is 12.4 Å². The van der Waals surface area contributed by atoms with Crippen molar-refractivity contribution in [3.8, 4) is 0 Å². The Morgan fingerprint density at radius 2 is 1.13 bits per heavy atom. The summed E-state index contributed by atoms with van der Waals surface area (Å²) in [6.07, 6.45) is -11.1. The molecule has 1 aliphatic heterocycles. The minimum absolute atomic E-state index is 0.0207. The van der Waals surface area contributed by atoms with Crippen LogP contribution >= 0.6 is 0 Å². The van der Waals surface area contributed by atoms with E-state index in [4.69, 9.17) is 4.74 Å². The molecule has 0 aromatic heterocycles. The van der Waals surface area contributed by atoms with Crippen LogP contribution < -0.4 is 4.72 Å². The van der Waals surface area contributed by atoms with E-state index < -0.39 is 139 Å². The molecule has 0 unspecified atom stereocenters. The molecule has 6 atom stereocenters. The van der Waals surface area contributed by atoms with Gasteiger partial charge in [0.25, 0.3) is 0 Å². The van der Waals surface area contributed by atoms with Crippen molar-refractivity contribution in [3.63, 3.8) is 0 Å². The van der Waals surface area contributed by atoms with Gasteiger partial charge < -0.3 is 9.84 Å². The summed E-state index contributed by atoms with van der Waals surface area (Å²) in [4.78, 5) is -0.886. The maximum absolute atomic E-state index is 15.1. The van der Waals surface area contributed by atoms with Crippen LogP contribution in [-0.4, -0.2) is 69.5 Å². The second-order valence-electron chi connectivity index (χ2n) is 19.1. The summed E-state index contributed by atoms with van der Waals surface area (Å²) in [7, 11) is -13.9. The number of nitrogens with one attached hydrogen (secondary N) is 1. The molecule has 9 nitrogen and oxygen atoms in total. The fourth-order valence-electron chi connectivity index (χ4n) is 9.47. The van der Waals surface area contributed by atoms with Crippen LogP contribution in [0.1, 0.15) is 67.2 Å². The van der Waals surface area contributed by atoms with Gasteiger partial charge in [-0.15, -0.1) is 0 Å². The van der Waals surface area contributed by atoms with Gasteiger partial charge in [0.1, 0.15) is 32.8 Å². The molecule has 1 heterocycles. The van der Waals surface area contributed by atoms with Crippen molar-refractivity contribution in [1.82, 2.24) is 4.72 Å². The van der Waals surface area contributed by atoms with Gasteiger partial charge in [-0.05, 0) is 142 Å². The highest BCUT2D eigenvalue weighted by molar-refractivity contribution is 7.92. The van der Waals surface area contributed by atoms with Gasteiger partial charge in [0.2, 0.25) is 10.0 Å². The maximum Gasteiger partial charge on any atom is 0.416 e. The number of fused-ring (bicyclic) bond motifs is 1. The molecule has 23 heteroatoms. The van der Waals surface area contributed by atoms with Gasteiger partial charge in [-0.1, -0.05) is 19.6 Å². The van der Waals surface area contributed by atoms with Crippen molar-refractivity contribution in [2.45, 2.75) is 114 Å². The quantitative estimate of drug-likeness (QED) is 0.0859. The van der Waals surface area contributed by atoms with Crippen LogP contribution in [0.25, 0.3) is 0 Å². The van der Waals surface area contributed by atoms with Crippen LogP contribution in [0.4, 0.5) is 43.9 Å². The third-order valence-electron chi connectivity index (χ3n) is 13.3. The van der Waals surface area contributed by atoms with Gasteiger partial charge in [-0.3, -0.25) is 0 Å². The number of sulfonamides is 1. The van der Waals surface area contributed by atoms with Crippen LogP contribution in [0, 0.1) is 35.1 Å². The lowest BCUT2D eigenvalue weighted by Gasteiger charge is -2.46. The molecular formula is C46H51F10NO8S3Si. The summed E-state index contributed by atoms with van der Waals surface area (Å²) >= 11 is 0. The highest BCUT2D eigenvalue weighted by Gasteiger charge is 2.55. The molecule has 7 rings (SSSR count). The fraction of sp³-hybridized carbons (Fsp3) is 0.478. The molecule has 0 radical (unpaired) electrons. The van der Waals surface area contributed by atoms with Gasteiger partial charge in [0.15, 0.2) is 19.7 Å². The van der Waals surface area contributed by atoms with E-state index in [1.807, 2.05) is 0 Å². The Morgan fingerprint density at radius 1 is 0.681 bits per heavy atom. The van der Waals surface area contributed by atoms with Crippen molar-refractivity contribution in [1.29, 1.82) is 0 Å². The molecular weight excluding hydrogens is 1010 g/mol. The number of halogens is 10. The normalized spacial score (nSPS) is 25.5. The standard InChI is InChI=1S/C25H31F5O4SSi.C21H20F5NO4S2/c1-36(2,3)13-12-34-16-17-15-24(11-10-23(17)31,21-14-19(26)6-9-22(21)27)35(32,33)20-7-4-18(5-8-20)25(28,29)30;22-15-3-6-18(23)17(11-15)20(9-7-19-13(12-20)8-10-32(28,29)27-19)33(30,31)16-4-1-14(2-5-16)21(24,25)26/h4-9,14,17,23,31H,10-13,15-16H2,1-3H3;1-6,11,13,19,27H,7-10,12H2/t17-,23+,24+;13-,19+,20-/m01/s1. The van der Waals surface area contributed by atoms with E-state index in [0.29, 0.717) is 30.9 Å². The number of ether oxygens (including phenoxy) is 1. The summed E-state index contributed by atoms with van der Waals surface area (Å²) < 4.78 is 220. The number of hydrogen-bond acceptors (Lipinski definition) is 8. The van der Waals surface area contributed by atoms with E-state index in [9.17, 15) is 69.9 Å². The number of aliphatic hydroxyl groups excluding tert-OH is 1. The number of benzene rings is 4. The van der Waals surface area contributed by atoms with Crippen molar-refractivity contribution in [2.75, 3.05) is 19.0 Å². The first-order chi connectivity index (χ1) is 31.8. The number of alkyl halides is 6. The molecule has 3 fully saturated rings. The lowest BCUT2D eigenvalue weighted by atomic mass is 9.73. The van der Waals surface area contributed by atoms with Crippen molar-refractivity contribution >= 4 is 37.8 Å². The van der Waals surface area contributed by atoms with Gasteiger partial charge in [0.05, 0.1) is 39.4 Å². The molecule has 4 aromatic rings. The lowest BCUT2D eigenvalue weighted by molar-refractivity contribution is -0.138. The molecule has 0 spiro atoms. The minimum Gasteiger partial charge on any atom is -0.393 e. The molecule has 0 bridgehead atoms. The molecule has 2 N–H and O–H groups in total. The molecule has 1 saturated heterocycles. The van der Waals surface area contributed by atoms with Gasteiger partial charge in [0, 0.05) is 37.8 Å². The first-order valence-electron chi connectivity index (χ1n) is 21.8. The summed E-state index contributed by atoms with van der Waals surface area (Å²) in [6.45, 7) is 6.94. The lowest BCUT2D eigenvalue weighted by Crippen LogP contribution is -2.54. The topological polar surface area (TPSA) is 144 Å². The highest BCUT2D eigenvalue weighted by Crippen LogP contribution is 2.52. The van der Waals surface area contributed by atoms with Crippen molar-refractivity contribution in [2.24, 2.45) is 11.8 Å². The fourth-order valence-corrected chi connectivity index (χ4v) is 16.1. The van der Waals surface area contributed by atoms with E-state index in [-0.39, 0.29) is 57.3 Å². The van der Waals surface area contributed by atoms with E-state index in [0.717, 1.165) is 66.7 Å². The SMILES string of the molecule is C[Si](C)(C)CCOC[C@@H]1C[C@](c2cc(F)ccc2F)(S(=O)(=O)c2ccc(C(F)(F)F)cc2)CC[C@H]1O.O=S1(=O)CC[C@@H]2C[C@](c3cc(F)ccc3F)(S(=O)(=O)c3ccc(C(F)(F)F)cc3)CC[C@@H]2N1. The largest absolute Gasteiger partial charge is 0.416 e. The average molecular weight is 1060 g/mol. The Bertz CT molecular complexity index is 2830. The van der Waals surface area contributed by atoms with Crippen molar-refractivity contribution < 1.29 is 79.0 Å². The predicted molar refractivity (Wildman–Crippen MR) is 238 cm³/mol. The zero-order chi connectivity index (χ0) is 51.2. The molecule has 69 heavy (non-hydrogen) atoms. The number of aliphatic hydroxyl groups is 1. The smallest absolute Gasteiger partial charge is 0.393 e. The minimum atomic E-state index is -4.67. The summed E-state index contributed by atoms with van der Waals surface area (Å²) in [6, 6.07) is 11.1. The van der Waals surface area contributed by atoms with Gasteiger partial charge in [-0.25, -0.2) is 47.5 Å². The average Bonchev–Trinajstić information content (AvgIpc) is 3.26.